The predicted molar refractivity (Wildman–Crippen MR) is 158 cm³/mol. The van der Waals surface area contributed by atoms with E-state index in [1.807, 2.05) is 29.6 Å². The van der Waals surface area contributed by atoms with Gasteiger partial charge in [-0.15, -0.1) is 0 Å². The van der Waals surface area contributed by atoms with Gasteiger partial charge < -0.3 is 19.5 Å². The number of methoxy groups -OCH3 is 1. The first-order chi connectivity index (χ1) is 20.2. The Morgan fingerprint density at radius 1 is 1.07 bits per heavy atom. The summed E-state index contributed by atoms with van der Waals surface area (Å²) in [4.78, 5) is 26.5. The lowest BCUT2D eigenvalue weighted by Gasteiger charge is -2.34. The van der Waals surface area contributed by atoms with Gasteiger partial charge in [-0.2, -0.15) is 0 Å². The molecule has 0 saturated carbocycles. The molecule has 1 amide bonds. The first-order valence-electron chi connectivity index (χ1n) is 13.8. The molecule has 4 heterocycles. The number of pyridine rings is 1. The maximum Gasteiger partial charge on any atom is 0.291 e. The summed E-state index contributed by atoms with van der Waals surface area (Å²) in [6, 6.07) is 13.7. The number of ether oxygens (including phenoxy) is 1. The Kier molecular flexibility index (Phi) is 7.69. The van der Waals surface area contributed by atoms with Crippen molar-refractivity contribution in [2.75, 3.05) is 39.1 Å². The number of amides is 1. The fraction of sp³-hybridized carbons (Fsp3) is 0.323. The highest BCUT2D eigenvalue weighted by atomic mass is 35.5. The van der Waals surface area contributed by atoms with Crippen LogP contribution in [-0.4, -0.2) is 70.2 Å². The quantitative estimate of drug-likeness (QED) is 0.312. The lowest BCUT2D eigenvalue weighted by Crippen LogP contribution is -2.47. The number of aromatic nitrogens is 3. The third-order valence-corrected chi connectivity index (χ3v) is 8.31. The standard InChI is InChI=1S/C31H31ClF2N6O2/c1-38-13-12-26-25(17-38)35-29(39(26)2)30(41)36-24-9-5-6-20(27(24)32)21-7-4-8-22(28(21)34)23-11-10-18(31(37-23)42-3)14-40-15-19(33)16-40/h4-11,19H,12-17H2,1-3H3,(H,36,41). The van der Waals surface area contributed by atoms with Gasteiger partial charge in [-0.1, -0.05) is 41.9 Å². The van der Waals surface area contributed by atoms with Gasteiger partial charge in [0.15, 0.2) is 5.82 Å². The Hall–Kier alpha value is -3.86. The van der Waals surface area contributed by atoms with Crippen LogP contribution in [0.4, 0.5) is 14.5 Å². The topological polar surface area (TPSA) is 75.5 Å². The zero-order valence-corrected chi connectivity index (χ0v) is 24.4. The Morgan fingerprint density at radius 3 is 2.57 bits per heavy atom. The molecule has 1 saturated heterocycles. The third kappa shape index (κ3) is 5.26. The van der Waals surface area contributed by atoms with Gasteiger partial charge in [0.1, 0.15) is 12.0 Å². The second-order valence-electron chi connectivity index (χ2n) is 10.8. The number of nitrogens with one attached hydrogen (secondary N) is 1. The maximum atomic E-state index is 16.1. The normalized spacial score (nSPS) is 15.8. The summed E-state index contributed by atoms with van der Waals surface area (Å²) in [6.07, 6.45) is 0.0109. The molecule has 0 bridgehead atoms. The summed E-state index contributed by atoms with van der Waals surface area (Å²) in [6.45, 7) is 2.85. The Balaban J connectivity index is 1.27. The summed E-state index contributed by atoms with van der Waals surface area (Å²) in [5.41, 5.74) is 4.46. The van der Waals surface area contributed by atoms with Gasteiger partial charge >= 0.3 is 0 Å². The molecule has 11 heteroatoms. The smallest absolute Gasteiger partial charge is 0.291 e. The summed E-state index contributed by atoms with van der Waals surface area (Å²) in [5, 5.41) is 3.08. The monoisotopic (exact) mass is 592 g/mol. The average molecular weight is 593 g/mol. The van der Waals surface area contributed by atoms with Gasteiger partial charge in [-0.3, -0.25) is 9.69 Å². The van der Waals surface area contributed by atoms with Crippen molar-refractivity contribution in [2.45, 2.75) is 25.7 Å². The number of anilines is 1. The van der Waals surface area contributed by atoms with Gasteiger partial charge in [0, 0.05) is 74.1 Å². The van der Waals surface area contributed by atoms with Crippen molar-refractivity contribution < 1.29 is 18.3 Å². The predicted octanol–water partition coefficient (Wildman–Crippen LogP) is 5.34. The lowest BCUT2D eigenvalue weighted by atomic mass is 9.99. The summed E-state index contributed by atoms with van der Waals surface area (Å²) in [5.74, 6) is -0.231. The number of hydrogen-bond donors (Lipinski definition) is 1. The number of benzene rings is 2. The largest absolute Gasteiger partial charge is 0.481 e. The van der Waals surface area contributed by atoms with Crippen molar-refractivity contribution in [3.63, 3.8) is 0 Å². The molecule has 0 radical (unpaired) electrons. The van der Waals surface area contributed by atoms with Crippen LogP contribution in [0.25, 0.3) is 22.4 Å². The lowest BCUT2D eigenvalue weighted by molar-refractivity contribution is 0.0583. The van der Waals surface area contributed by atoms with Gasteiger partial charge in [-0.25, -0.2) is 18.7 Å². The zero-order chi connectivity index (χ0) is 29.5. The van der Waals surface area contributed by atoms with Crippen molar-refractivity contribution >= 4 is 23.2 Å². The van der Waals surface area contributed by atoms with E-state index in [1.54, 1.807) is 42.5 Å². The van der Waals surface area contributed by atoms with Crippen molar-refractivity contribution in [1.29, 1.82) is 0 Å². The number of likely N-dealkylation sites (tertiary alicyclic amines) is 1. The summed E-state index contributed by atoms with van der Waals surface area (Å²) >= 11 is 6.77. The number of alkyl halides is 1. The second-order valence-corrected chi connectivity index (χ2v) is 11.2. The van der Waals surface area contributed by atoms with E-state index in [-0.39, 0.29) is 22.1 Å². The van der Waals surface area contributed by atoms with E-state index in [0.29, 0.717) is 54.8 Å². The van der Waals surface area contributed by atoms with Crippen LogP contribution in [0.5, 0.6) is 5.88 Å². The minimum Gasteiger partial charge on any atom is -0.481 e. The van der Waals surface area contributed by atoms with E-state index in [9.17, 15) is 9.18 Å². The minimum absolute atomic E-state index is 0.210. The Bertz CT molecular complexity index is 1670. The van der Waals surface area contributed by atoms with Crippen LogP contribution in [0.15, 0.2) is 48.5 Å². The molecule has 2 aromatic carbocycles. The molecular formula is C31H31ClF2N6O2. The van der Waals surface area contributed by atoms with Crippen LogP contribution in [-0.2, 0) is 26.6 Å². The van der Waals surface area contributed by atoms with Crippen LogP contribution < -0.4 is 10.1 Å². The zero-order valence-electron chi connectivity index (χ0n) is 23.6. The molecule has 2 aliphatic heterocycles. The van der Waals surface area contributed by atoms with Gasteiger partial charge in [-0.05, 0) is 25.2 Å². The molecule has 218 valence electrons. The van der Waals surface area contributed by atoms with E-state index in [2.05, 4.69) is 20.2 Å². The van der Waals surface area contributed by atoms with Crippen LogP contribution in [0.3, 0.4) is 0 Å². The first kappa shape index (κ1) is 28.3. The van der Waals surface area contributed by atoms with E-state index in [1.165, 1.54) is 7.11 Å². The minimum atomic E-state index is -0.805. The second kappa shape index (κ2) is 11.4. The van der Waals surface area contributed by atoms with Crippen LogP contribution in [0.2, 0.25) is 5.02 Å². The molecule has 2 aliphatic rings. The molecule has 1 N–H and O–H groups in total. The van der Waals surface area contributed by atoms with Crippen molar-refractivity contribution in [1.82, 2.24) is 24.3 Å². The van der Waals surface area contributed by atoms with Crippen molar-refractivity contribution in [3.05, 3.63) is 82.1 Å². The highest BCUT2D eigenvalue weighted by Gasteiger charge is 2.28. The Labute approximate surface area is 247 Å². The first-order valence-corrected chi connectivity index (χ1v) is 14.1. The number of carbonyl (C=O) groups is 1. The fourth-order valence-electron chi connectivity index (χ4n) is 5.61. The number of rotatable bonds is 7. The molecule has 0 aliphatic carbocycles. The van der Waals surface area contributed by atoms with Gasteiger partial charge in [0.2, 0.25) is 5.88 Å². The molecule has 8 nitrogen and oxygen atoms in total. The van der Waals surface area contributed by atoms with E-state index in [4.69, 9.17) is 16.3 Å². The average Bonchev–Trinajstić information content (AvgIpc) is 3.29. The number of nitrogens with zero attached hydrogens (tertiary/aromatic N) is 5. The van der Waals surface area contributed by atoms with Gasteiger partial charge in [0.25, 0.3) is 5.91 Å². The van der Waals surface area contributed by atoms with Crippen LogP contribution in [0, 0.1) is 5.82 Å². The molecule has 42 heavy (non-hydrogen) atoms. The number of likely N-dealkylation sites (N-methyl/N-ethyl adjacent to an activating group) is 1. The van der Waals surface area contributed by atoms with Gasteiger partial charge in [0.05, 0.1) is 29.2 Å². The summed E-state index contributed by atoms with van der Waals surface area (Å²) in [7, 11) is 5.37. The number of hydrogen-bond acceptors (Lipinski definition) is 6. The van der Waals surface area contributed by atoms with E-state index >= 15 is 4.39 Å². The molecule has 0 spiro atoms. The molecule has 4 aromatic rings. The van der Waals surface area contributed by atoms with Crippen LogP contribution in [0.1, 0.15) is 27.6 Å². The summed E-state index contributed by atoms with van der Waals surface area (Å²) < 4.78 is 36.6. The molecular weight excluding hydrogens is 562 g/mol. The number of fused-ring (bicyclic) bond motifs is 1. The van der Waals surface area contributed by atoms with E-state index < -0.39 is 12.0 Å². The SMILES string of the molecule is COc1nc(-c2cccc(-c3cccc(NC(=O)c4nc5c(n4C)CCN(C)C5)c3Cl)c2F)ccc1CN1CC(F)C1. The highest BCUT2D eigenvalue weighted by Crippen LogP contribution is 2.38. The van der Waals surface area contributed by atoms with E-state index in [0.717, 1.165) is 29.9 Å². The molecule has 2 aromatic heterocycles. The van der Waals surface area contributed by atoms with Crippen molar-refractivity contribution in [3.8, 4) is 28.3 Å². The molecule has 6 rings (SSSR count). The van der Waals surface area contributed by atoms with Crippen molar-refractivity contribution in [2.24, 2.45) is 7.05 Å². The third-order valence-electron chi connectivity index (χ3n) is 7.90. The van der Waals surface area contributed by atoms with Crippen LogP contribution >= 0.6 is 11.6 Å². The molecule has 0 atom stereocenters. The Morgan fingerprint density at radius 2 is 1.81 bits per heavy atom. The fourth-order valence-corrected chi connectivity index (χ4v) is 5.88. The number of halogens is 3. The highest BCUT2D eigenvalue weighted by molar-refractivity contribution is 6.36. The maximum absolute atomic E-state index is 16.1. The number of carbonyl (C=O) groups excluding carboxylic acids is 1. The molecule has 0 unspecified atom stereocenters. The number of imidazole rings is 1. The molecule has 1 fully saturated rings.